The quantitative estimate of drug-likeness (QED) is 0.326. The summed E-state index contributed by atoms with van der Waals surface area (Å²) in [6, 6.07) is 0. The maximum absolute atomic E-state index is 10.3. The van der Waals surface area contributed by atoms with Crippen LogP contribution in [0, 0.1) is 0 Å². The molecule has 0 spiro atoms. The summed E-state index contributed by atoms with van der Waals surface area (Å²) in [6.07, 6.45) is 1.68. The molecule has 0 amide bonds. The van der Waals surface area contributed by atoms with Crippen molar-refractivity contribution in [1.82, 2.24) is 0 Å². The van der Waals surface area contributed by atoms with E-state index < -0.39 is 33.8 Å². The van der Waals surface area contributed by atoms with Crippen molar-refractivity contribution in [3.63, 3.8) is 0 Å². The second-order valence-corrected chi connectivity index (χ2v) is 5.37. The second-order valence-electron chi connectivity index (χ2n) is 2.08. The zero-order valence-electron chi connectivity index (χ0n) is 7.09. The first-order valence-electron chi connectivity index (χ1n) is 2.97. The first-order valence-corrected chi connectivity index (χ1v) is 6.60. The van der Waals surface area contributed by atoms with Gasteiger partial charge >= 0.3 is 0 Å². The lowest BCUT2D eigenvalue weighted by Crippen LogP contribution is -2.11. The third kappa shape index (κ3) is 11.8. The summed E-state index contributed by atoms with van der Waals surface area (Å²) < 4.78 is 53.9. The molecule has 0 fully saturated rings. The fraction of sp³-hybridized carbons (Fsp3) is 1.00. The summed E-state index contributed by atoms with van der Waals surface area (Å²) >= 11 is 0. The van der Waals surface area contributed by atoms with Gasteiger partial charge in [-0.1, -0.05) is 0 Å². The van der Waals surface area contributed by atoms with Gasteiger partial charge in [-0.2, -0.15) is 16.8 Å². The Balaban J connectivity index is 3.50. The SMILES string of the molecule is CS(=O)(=O)OCOCOS(C)(=O)=O. The van der Waals surface area contributed by atoms with E-state index in [9.17, 15) is 16.8 Å². The highest BCUT2D eigenvalue weighted by Crippen LogP contribution is 1.90. The first kappa shape index (κ1) is 12.8. The molecule has 0 aliphatic heterocycles. The molecule has 9 heteroatoms. The summed E-state index contributed by atoms with van der Waals surface area (Å²) in [7, 11) is -7.14. The predicted octanol–water partition coefficient (Wildman–Crippen LogP) is -1.13. The van der Waals surface area contributed by atoms with Crippen LogP contribution in [0.3, 0.4) is 0 Å². The van der Waals surface area contributed by atoms with Crippen molar-refractivity contribution >= 4 is 20.2 Å². The molecule has 0 unspecified atom stereocenters. The topological polar surface area (TPSA) is 96.0 Å². The molecule has 0 rings (SSSR count). The zero-order valence-corrected chi connectivity index (χ0v) is 8.72. The third-order valence-corrected chi connectivity index (χ3v) is 1.74. The van der Waals surface area contributed by atoms with Gasteiger partial charge in [-0.25, -0.2) is 8.37 Å². The van der Waals surface area contributed by atoms with Gasteiger partial charge in [0.15, 0.2) is 13.6 Å². The Morgan fingerprint density at radius 2 is 1.15 bits per heavy atom. The van der Waals surface area contributed by atoms with E-state index in [0.29, 0.717) is 0 Å². The van der Waals surface area contributed by atoms with Crippen LogP contribution in [0.2, 0.25) is 0 Å². The van der Waals surface area contributed by atoms with Crippen LogP contribution in [0.5, 0.6) is 0 Å². The zero-order chi connectivity index (χ0) is 10.5. The molecular formula is C4H10O7S2. The molecule has 7 nitrogen and oxygen atoms in total. The Hall–Kier alpha value is -0.220. The van der Waals surface area contributed by atoms with E-state index in [1.807, 2.05) is 0 Å². The Morgan fingerprint density at radius 1 is 0.846 bits per heavy atom. The van der Waals surface area contributed by atoms with Gasteiger partial charge in [0.2, 0.25) is 0 Å². The number of rotatable bonds is 6. The molecule has 0 heterocycles. The standard InChI is InChI=1S/C4H10O7S2/c1-12(5,6)10-3-9-4-11-13(2,7)8/h3-4H2,1-2H3. The van der Waals surface area contributed by atoms with Crippen LogP contribution in [0.15, 0.2) is 0 Å². The Kier molecular flexibility index (Phi) is 4.78. The van der Waals surface area contributed by atoms with Crippen LogP contribution in [0.25, 0.3) is 0 Å². The smallest absolute Gasteiger partial charge is 0.266 e. The summed E-state index contributed by atoms with van der Waals surface area (Å²) in [6.45, 7) is -1.15. The molecule has 0 aromatic heterocycles. The Bertz CT molecular complexity index is 292. The minimum absolute atomic E-state index is 0.575. The van der Waals surface area contributed by atoms with Gasteiger partial charge in [-0.3, -0.25) is 0 Å². The van der Waals surface area contributed by atoms with Gasteiger partial charge in [-0.15, -0.1) is 0 Å². The lowest BCUT2D eigenvalue weighted by molar-refractivity contribution is -0.0477. The van der Waals surface area contributed by atoms with Gasteiger partial charge in [0.1, 0.15) is 0 Å². The predicted molar refractivity (Wildman–Crippen MR) is 42.7 cm³/mol. The summed E-state index contributed by atoms with van der Waals surface area (Å²) in [5.74, 6) is 0. The van der Waals surface area contributed by atoms with Gasteiger partial charge in [0.05, 0.1) is 12.5 Å². The van der Waals surface area contributed by atoms with E-state index in [1.54, 1.807) is 0 Å². The minimum Gasteiger partial charge on any atom is -0.327 e. The molecule has 0 radical (unpaired) electrons. The van der Waals surface area contributed by atoms with Gasteiger partial charge in [-0.05, 0) is 0 Å². The number of hydrogen-bond donors (Lipinski definition) is 0. The van der Waals surface area contributed by atoms with Crippen LogP contribution >= 0.6 is 0 Å². The van der Waals surface area contributed by atoms with Crippen molar-refractivity contribution in [2.75, 3.05) is 26.1 Å². The lowest BCUT2D eigenvalue weighted by Gasteiger charge is -2.02. The molecule has 0 atom stereocenters. The van der Waals surface area contributed by atoms with Gasteiger partial charge in [0, 0.05) is 0 Å². The molecule has 13 heavy (non-hydrogen) atoms. The molecule has 0 saturated carbocycles. The lowest BCUT2D eigenvalue weighted by atomic mass is 11.4. The molecular weight excluding hydrogens is 224 g/mol. The third-order valence-electron chi connectivity index (χ3n) is 0.691. The normalized spacial score (nSPS) is 13.1. The summed E-state index contributed by atoms with van der Waals surface area (Å²) in [5, 5.41) is 0. The number of hydrogen-bond acceptors (Lipinski definition) is 7. The molecule has 0 aliphatic carbocycles. The second kappa shape index (κ2) is 4.86. The fourth-order valence-corrected chi connectivity index (χ4v) is 0.763. The van der Waals surface area contributed by atoms with Crippen LogP contribution in [0.4, 0.5) is 0 Å². The molecule has 0 aromatic carbocycles. The van der Waals surface area contributed by atoms with Crippen LogP contribution in [-0.2, 0) is 33.3 Å². The first-order chi connectivity index (χ1) is 5.71. The minimum atomic E-state index is -3.57. The van der Waals surface area contributed by atoms with E-state index >= 15 is 0 Å². The van der Waals surface area contributed by atoms with E-state index in [0.717, 1.165) is 12.5 Å². The molecule has 0 N–H and O–H groups in total. The largest absolute Gasteiger partial charge is 0.327 e. The van der Waals surface area contributed by atoms with E-state index in [4.69, 9.17) is 0 Å². The molecule has 0 aromatic rings. The maximum Gasteiger partial charge on any atom is 0.266 e. The van der Waals surface area contributed by atoms with Crippen molar-refractivity contribution < 1.29 is 29.9 Å². The van der Waals surface area contributed by atoms with Crippen molar-refractivity contribution in [3.8, 4) is 0 Å². The highest BCUT2D eigenvalue weighted by molar-refractivity contribution is 7.86. The molecule has 0 saturated heterocycles. The average molecular weight is 234 g/mol. The highest BCUT2D eigenvalue weighted by Gasteiger charge is 2.03. The monoisotopic (exact) mass is 234 g/mol. The van der Waals surface area contributed by atoms with Gasteiger partial charge in [0.25, 0.3) is 20.2 Å². The van der Waals surface area contributed by atoms with Crippen molar-refractivity contribution in [1.29, 1.82) is 0 Å². The summed E-state index contributed by atoms with van der Waals surface area (Å²) in [4.78, 5) is 0. The Labute approximate surface area is 76.8 Å². The van der Waals surface area contributed by atoms with Crippen LogP contribution in [0.1, 0.15) is 0 Å². The van der Waals surface area contributed by atoms with E-state index in [2.05, 4.69) is 13.1 Å². The summed E-state index contributed by atoms with van der Waals surface area (Å²) in [5.41, 5.74) is 0. The van der Waals surface area contributed by atoms with E-state index in [-0.39, 0.29) is 0 Å². The Morgan fingerprint density at radius 3 is 1.38 bits per heavy atom. The average Bonchev–Trinajstić information content (AvgIpc) is 1.81. The molecule has 0 aliphatic rings. The molecule has 0 bridgehead atoms. The van der Waals surface area contributed by atoms with Crippen LogP contribution in [-0.4, -0.2) is 42.9 Å². The van der Waals surface area contributed by atoms with E-state index in [1.165, 1.54) is 0 Å². The maximum atomic E-state index is 10.3. The number of ether oxygens (including phenoxy) is 1. The van der Waals surface area contributed by atoms with Crippen molar-refractivity contribution in [2.24, 2.45) is 0 Å². The fourth-order valence-electron chi connectivity index (χ4n) is 0.277. The van der Waals surface area contributed by atoms with Crippen molar-refractivity contribution in [3.05, 3.63) is 0 Å². The van der Waals surface area contributed by atoms with Crippen molar-refractivity contribution in [2.45, 2.75) is 0 Å². The van der Waals surface area contributed by atoms with Gasteiger partial charge < -0.3 is 4.74 Å². The molecule has 80 valence electrons. The van der Waals surface area contributed by atoms with Crippen LogP contribution < -0.4 is 0 Å². The highest BCUT2D eigenvalue weighted by atomic mass is 32.2.